The van der Waals surface area contributed by atoms with E-state index in [0.29, 0.717) is 19.3 Å². The first kappa shape index (κ1) is 80.4. The van der Waals surface area contributed by atoms with Crippen LogP contribution in [-0.4, -0.2) is 66.5 Å². The van der Waals surface area contributed by atoms with E-state index in [4.69, 9.17) is 23.3 Å². The van der Waals surface area contributed by atoms with Gasteiger partial charge in [-0.05, 0) is 96.3 Å². The molecule has 0 bridgehead atoms. The highest BCUT2D eigenvalue weighted by molar-refractivity contribution is 7.47. The fourth-order valence-electron chi connectivity index (χ4n) is 9.40. The largest absolute Gasteiger partial charge is 0.472 e. The zero-order chi connectivity index (χ0) is 61.2. The van der Waals surface area contributed by atoms with Crippen LogP contribution in [0.5, 0.6) is 0 Å². The van der Waals surface area contributed by atoms with E-state index in [-0.39, 0.29) is 25.9 Å². The molecule has 11 nitrogen and oxygen atoms in total. The molecule has 484 valence electrons. The van der Waals surface area contributed by atoms with Crippen LogP contribution in [0, 0.1) is 0 Å². The van der Waals surface area contributed by atoms with Crippen molar-refractivity contribution in [1.29, 1.82) is 0 Å². The minimum atomic E-state index is -4.77. The van der Waals surface area contributed by atoms with Crippen molar-refractivity contribution in [2.75, 3.05) is 26.4 Å². The molecule has 0 saturated heterocycles. The summed E-state index contributed by atoms with van der Waals surface area (Å²) in [6, 6.07) is 0. The van der Waals surface area contributed by atoms with Crippen LogP contribution < -0.4 is 0 Å². The number of aliphatic hydroxyl groups excluding tert-OH is 1. The summed E-state index contributed by atoms with van der Waals surface area (Å²) in [4.78, 5) is 48.9. The van der Waals surface area contributed by atoms with Gasteiger partial charge in [0.25, 0.3) is 0 Å². The van der Waals surface area contributed by atoms with E-state index in [9.17, 15) is 28.9 Å². The third-order valence-corrected chi connectivity index (χ3v) is 15.5. The molecule has 12 heteroatoms. The first-order valence-electron chi connectivity index (χ1n) is 34.1. The summed E-state index contributed by atoms with van der Waals surface area (Å²) in [6.07, 6.45) is 79.2. The van der Waals surface area contributed by atoms with Gasteiger partial charge in [-0.15, -0.1) is 0 Å². The summed E-state index contributed by atoms with van der Waals surface area (Å²) in [5.74, 6) is -1.48. The maximum Gasteiger partial charge on any atom is 0.472 e. The van der Waals surface area contributed by atoms with Crippen molar-refractivity contribution >= 4 is 25.7 Å². The number of unbranched alkanes of at least 4 members (excludes halogenated alkanes) is 30. The van der Waals surface area contributed by atoms with E-state index in [1.165, 1.54) is 96.3 Å². The zero-order valence-corrected chi connectivity index (χ0v) is 54.7. The Morgan fingerprint density at radius 2 is 0.619 bits per heavy atom. The maximum absolute atomic E-state index is 13.0. The number of aliphatic hydroxyl groups is 1. The van der Waals surface area contributed by atoms with Gasteiger partial charge in [0.15, 0.2) is 6.10 Å². The van der Waals surface area contributed by atoms with Gasteiger partial charge in [-0.3, -0.25) is 23.4 Å². The highest BCUT2D eigenvalue weighted by atomic mass is 31.2. The van der Waals surface area contributed by atoms with Gasteiger partial charge in [0.1, 0.15) is 12.7 Å². The van der Waals surface area contributed by atoms with Gasteiger partial charge in [0.05, 0.1) is 19.8 Å². The van der Waals surface area contributed by atoms with E-state index in [1.807, 2.05) is 0 Å². The Morgan fingerprint density at radius 3 is 0.952 bits per heavy atom. The van der Waals surface area contributed by atoms with Crippen LogP contribution >= 0.6 is 7.82 Å². The molecule has 0 aliphatic carbocycles. The lowest BCUT2D eigenvalue weighted by atomic mass is 10.0. The van der Waals surface area contributed by atoms with Crippen LogP contribution in [-0.2, 0) is 42.2 Å². The number of phosphoric acid groups is 1. The quantitative estimate of drug-likeness (QED) is 0.0197. The first-order chi connectivity index (χ1) is 41.2. The molecule has 0 amide bonds. The van der Waals surface area contributed by atoms with Gasteiger partial charge in [-0.1, -0.05) is 285 Å². The Morgan fingerprint density at radius 1 is 0.345 bits per heavy atom. The zero-order valence-electron chi connectivity index (χ0n) is 53.8. The van der Waals surface area contributed by atoms with Crippen LogP contribution in [0.2, 0.25) is 0 Å². The maximum atomic E-state index is 13.0. The monoisotopic (exact) mass is 1200 g/mol. The highest BCUT2D eigenvalue weighted by Crippen LogP contribution is 2.43. The molecule has 0 spiro atoms. The number of hydrogen-bond acceptors (Lipinski definition) is 10. The molecule has 0 heterocycles. The summed E-state index contributed by atoms with van der Waals surface area (Å²) in [7, 11) is -4.77. The van der Waals surface area contributed by atoms with Crippen LogP contribution in [0.15, 0.2) is 97.2 Å². The number of hydrogen-bond donors (Lipinski definition) is 2. The van der Waals surface area contributed by atoms with Crippen LogP contribution in [0.4, 0.5) is 0 Å². The van der Waals surface area contributed by atoms with Gasteiger partial charge in [-0.25, -0.2) is 4.57 Å². The van der Waals surface area contributed by atoms with Crippen molar-refractivity contribution in [2.24, 2.45) is 0 Å². The summed E-state index contributed by atoms with van der Waals surface area (Å²) in [5, 5.41) is 9.88. The van der Waals surface area contributed by atoms with Crippen molar-refractivity contribution < 1.29 is 52.2 Å². The van der Waals surface area contributed by atoms with Crippen LogP contribution in [0.25, 0.3) is 0 Å². The van der Waals surface area contributed by atoms with E-state index in [1.54, 1.807) is 0 Å². The Hall–Kier alpha value is -3.60. The molecule has 3 atom stereocenters. The fraction of sp³-hybridized carbons (Fsp3) is 0.736. The number of phosphoric ester groups is 1. The SMILES string of the molecule is CC/C=C\C/C=C\C/C=C\C/C=C\CCCCCCCCC(=O)OC(CO)COP(=O)(O)OCC(COC(=O)CCCCCCCCCCCCCCCCCCCCC)OC(=O)CCCCCCCC/C=C\C/C=C\C/C=C\C/C=C\CC. The molecule has 0 aromatic carbocycles. The summed E-state index contributed by atoms with van der Waals surface area (Å²) in [5.41, 5.74) is 0. The molecule has 0 aromatic rings. The lowest BCUT2D eigenvalue weighted by Crippen LogP contribution is -2.30. The average Bonchev–Trinajstić information content (AvgIpc) is 3.54. The number of allylic oxidation sites excluding steroid dienone is 16. The molecule has 0 aliphatic heterocycles. The summed E-state index contributed by atoms with van der Waals surface area (Å²) in [6.45, 7) is 4.44. The van der Waals surface area contributed by atoms with Gasteiger partial charge in [-0.2, -0.15) is 0 Å². The third kappa shape index (κ3) is 62.9. The number of rotatable bonds is 63. The van der Waals surface area contributed by atoms with Crippen LogP contribution in [0.1, 0.15) is 303 Å². The fourth-order valence-corrected chi connectivity index (χ4v) is 10.2. The van der Waals surface area contributed by atoms with Gasteiger partial charge < -0.3 is 24.2 Å². The molecular formula is C72H125O11P. The molecule has 0 aromatic heterocycles. The van der Waals surface area contributed by atoms with Gasteiger partial charge in [0.2, 0.25) is 0 Å². The van der Waals surface area contributed by atoms with Crippen molar-refractivity contribution in [1.82, 2.24) is 0 Å². The molecule has 3 unspecified atom stereocenters. The van der Waals surface area contributed by atoms with Gasteiger partial charge >= 0.3 is 25.7 Å². The molecule has 0 fully saturated rings. The number of esters is 3. The standard InChI is InChI=1S/C72H125O11P/c1-4-7-10-13-16-19-22-25-28-31-34-37-40-43-46-49-52-55-58-61-70(74)79-65-69(83-72(76)63-60-57-54-51-48-45-42-39-36-33-30-27-24-21-18-15-12-9-6-3)67-81-84(77,78)80-66-68(64-73)82-71(75)62-59-56-53-50-47-44-41-38-35-32-29-26-23-20-17-14-11-8-5-2/h8-9,11-12,17-18,20-21,26-27,29-30,35-36,38-39,68-69,73H,4-7,10,13-16,19,22-25,28,31-34,37,40-67H2,1-3H3,(H,77,78)/b11-8-,12-9-,20-17-,21-18-,29-26-,30-27-,38-35-,39-36-. The second-order valence-electron chi connectivity index (χ2n) is 22.6. The van der Waals surface area contributed by atoms with Crippen molar-refractivity contribution in [3.8, 4) is 0 Å². The Kier molecular flexibility index (Phi) is 62.6. The lowest BCUT2D eigenvalue weighted by molar-refractivity contribution is -0.161. The van der Waals surface area contributed by atoms with Crippen molar-refractivity contribution in [2.45, 2.75) is 315 Å². The van der Waals surface area contributed by atoms with Crippen molar-refractivity contribution in [3.05, 3.63) is 97.2 Å². The lowest BCUT2D eigenvalue weighted by Gasteiger charge is -2.21. The van der Waals surface area contributed by atoms with E-state index < -0.39 is 57.8 Å². The second-order valence-corrected chi connectivity index (χ2v) is 24.0. The summed E-state index contributed by atoms with van der Waals surface area (Å²) >= 11 is 0. The van der Waals surface area contributed by atoms with Gasteiger partial charge in [0, 0.05) is 19.3 Å². The van der Waals surface area contributed by atoms with Crippen molar-refractivity contribution in [3.63, 3.8) is 0 Å². The smallest absolute Gasteiger partial charge is 0.462 e. The first-order valence-corrected chi connectivity index (χ1v) is 35.6. The van der Waals surface area contributed by atoms with E-state index in [2.05, 4.69) is 118 Å². The molecular weight excluding hydrogens is 1070 g/mol. The number of ether oxygens (including phenoxy) is 3. The Bertz CT molecular complexity index is 1780. The van der Waals surface area contributed by atoms with E-state index in [0.717, 1.165) is 148 Å². The highest BCUT2D eigenvalue weighted by Gasteiger charge is 2.28. The minimum absolute atomic E-state index is 0.149. The number of carbonyl (C=O) groups excluding carboxylic acids is 3. The third-order valence-electron chi connectivity index (χ3n) is 14.5. The molecule has 84 heavy (non-hydrogen) atoms. The Balaban J connectivity index is 4.71. The normalized spacial score (nSPS) is 13.8. The number of carbonyl (C=O) groups is 3. The Labute approximate surface area is 514 Å². The predicted octanol–water partition coefficient (Wildman–Crippen LogP) is 21.2. The molecule has 0 radical (unpaired) electrons. The predicted molar refractivity (Wildman–Crippen MR) is 353 cm³/mol. The topological polar surface area (TPSA) is 155 Å². The second kappa shape index (κ2) is 65.4. The molecule has 2 N–H and O–H groups in total. The average molecular weight is 1200 g/mol. The molecule has 0 saturated carbocycles. The molecule has 0 aliphatic rings. The van der Waals surface area contributed by atoms with Crippen LogP contribution in [0.3, 0.4) is 0 Å². The minimum Gasteiger partial charge on any atom is -0.462 e. The summed E-state index contributed by atoms with van der Waals surface area (Å²) < 4.78 is 39.8. The molecule has 0 rings (SSSR count). The van der Waals surface area contributed by atoms with E-state index >= 15 is 0 Å².